The van der Waals surface area contributed by atoms with E-state index in [0.29, 0.717) is 16.5 Å². The molecule has 0 bridgehead atoms. The predicted octanol–water partition coefficient (Wildman–Crippen LogP) is -2.25. The summed E-state index contributed by atoms with van der Waals surface area (Å²) in [5.41, 5.74) is 5.94. The third kappa shape index (κ3) is 2.91. The van der Waals surface area contributed by atoms with E-state index >= 15 is 0 Å². The van der Waals surface area contributed by atoms with Gasteiger partial charge in [0.15, 0.2) is 0 Å². The van der Waals surface area contributed by atoms with Gasteiger partial charge in [-0.1, -0.05) is 11.8 Å². The average Bonchev–Trinajstić information content (AvgIpc) is 2.15. The van der Waals surface area contributed by atoms with E-state index in [2.05, 4.69) is 0 Å². The molecule has 2 aromatic rings. The van der Waals surface area contributed by atoms with Gasteiger partial charge < -0.3 is 10.8 Å². The fourth-order valence-corrected chi connectivity index (χ4v) is 2.01. The molecule has 0 spiro atoms. The van der Waals surface area contributed by atoms with Gasteiger partial charge in [0.1, 0.15) is 0 Å². The Bertz CT molecular complexity index is 669. The molecule has 0 aliphatic heterocycles. The molecule has 0 unspecified atom stereocenters. The van der Waals surface area contributed by atoms with Crippen molar-refractivity contribution in [1.82, 2.24) is 0 Å². The summed E-state index contributed by atoms with van der Waals surface area (Å²) in [6.07, 6.45) is 0. The maximum atomic E-state index is 11.5. The molecule has 84 valence electrons. The van der Waals surface area contributed by atoms with Crippen molar-refractivity contribution < 1.29 is 47.6 Å². The van der Waals surface area contributed by atoms with Crippen molar-refractivity contribution in [2.45, 2.75) is 4.90 Å². The smallest absolute Gasteiger partial charge is 0.872 e. The molecule has 0 saturated heterocycles. The molecule has 0 aromatic heterocycles. The van der Waals surface area contributed by atoms with E-state index in [1.165, 1.54) is 18.2 Å². The van der Waals surface area contributed by atoms with Crippen molar-refractivity contribution >= 4 is 26.6 Å². The number of hydrogen-bond acceptors (Lipinski definition) is 4. The van der Waals surface area contributed by atoms with E-state index in [1.807, 2.05) is 0 Å². The third-order valence-electron chi connectivity index (χ3n) is 2.21. The molecule has 2 aromatic carbocycles. The Hall–Kier alpha value is -0.790. The molecule has 0 aliphatic rings. The first-order valence-electron chi connectivity index (χ1n) is 4.36. The maximum Gasteiger partial charge on any atom is 1.00 e. The van der Waals surface area contributed by atoms with E-state index in [-0.39, 0.29) is 29.6 Å². The molecule has 0 fully saturated rings. The summed E-state index contributed by atoms with van der Waals surface area (Å²) in [6, 6.07) is 6.64. The summed E-state index contributed by atoms with van der Waals surface area (Å²) in [4.78, 5) is -0.421. The number of anilines is 1. The van der Waals surface area contributed by atoms with Gasteiger partial charge in [0.05, 0.1) is 4.90 Å². The summed E-state index contributed by atoms with van der Waals surface area (Å²) in [7, 11) is -4.37. The van der Waals surface area contributed by atoms with E-state index < -0.39 is 20.8 Å². The monoisotopic (exact) mass is 261 g/mol. The number of rotatable bonds is 1. The molecule has 2 rings (SSSR count). The molecule has 0 saturated carbocycles. The molecule has 17 heavy (non-hydrogen) atoms. The minimum absolute atomic E-state index is 0. The van der Waals surface area contributed by atoms with E-state index in [9.17, 15) is 13.5 Å². The predicted molar refractivity (Wildman–Crippen MR) is 57.6 cm³/mol. The van der Waals surface area contributed by atoms with Gasteiger partial charge in [0.2, 0.25) is 0 Å². The van der Waals surface area contributed by atoms with Crippen molar-refractivity contribution in [2.75, 3.05) is 5.73 Å². The zero-order valence-corrected chi connectivity index (χ0v) is 11.9. The quantitative estimate of drug-likeness (QED) is 0.343. The van der Waals surface area contributed by atoms with Crippen LogP contribution < -0.4 is 40.4 Å². The van der Waals surface area contributed by atoms with Crippen LogP contribution in [0.25, 0.3) is 10.8 Å². The zero-order valence-electron chi connectivity index (χ0n) is 9.04. The molecular formula is C10H8NNaO4S. The fraction of sp³-hybridized carbons (Fsp3) is 0. The van der Waals surface area contributed by atoms with Crippen LogP contribution in [-0.4, -0.2) is 13.0 Å². The number of hydrogen-bond donors (Lipinski definition) is 2. The van der Waals surface area contributed by atoms with Gasteiger partial charge in [0, 0.05) is 5.69 Å². The second-order valence-electron chi connectivity index (χ2n) is 3.38. The molecule has 0 amide bonds. The van der Waals surface area contributed by atoms with Gasteiger partial charge in [-0.05, 0) is 35.0 Å². The molecule has 7 heteroatoms. The Labute approximate surface area is 120 Å². The Morgan fingerprint density at radius 2 is 1.82 bits per heavy atom. The van der Waals surface area contributed by atoms with Gasteiger partial charge in [-0.15, -0.1) is 0 Å². The van der Waals surface area contributed by atoms with Crippen LogP contribution >= 0.6 is 0 Å². The van der Waals surface area contributed by atoms with Crippen molar-refractivity contribution in [3.8, 4) is 5.75 Å². The molecular weight excluding hydrogens is 253 g/mol. The van der Waals surface area contributed by atoms with Crippen molar-refractivity contribution in [1.29, 1.82) is 0 Å². The first kappa shape index (κ1) is 14.3. The number of fused-ring (bicyclic) bond motifs is 1. The van der Waals surface area contributed by atoms with Gasteiger partial charge in [0.25, 0.3) is 10.1 Å². The number of benzene rings is 2. The fourth-order valence-electron chi connectivity index (χ4n) is 1.48. The van der Waals surface area contributed by atoms with Crippen molar-refractivity contribution in [3.05, 3.63) is 30.3 Å². The summed E-state index contributed by atoms with van der Waals surface area (Å²) in [5.74, 6) is -0.467. The SMILES string of the molecule is Nc1ccc2c([O-])cc(S(=O)(=O)O)cc2c1.[Na+]. The first-order valence-corrected chi connectivity index (χ1v) is 5.80. The van der Waals surface area contributed by atoms with Gasteiger partial charge in [-0.25, -0.2) is 0 Å². The molecule has 0 heterocycles. The second-order valence-corrected chi connectivity index (χ2v) is 4.80. The van der Waals surface area contributed by atoms with E-state index in [4.69, 9.17) is 10.3 Å². The topological polar surface area (TPSA) is 103 Å². The first-order chi connectivity index (χ1) is 7.38. The van der Waals surface area contributed by atoms with Crippen molar-refractivity contribution in [2.24, 2.45) is 0 Å². The van der Waals surface area contributed by atoms with E-state index in [0.717, 1.165) is 6.07 Å². The van der Waals surface area contributed by atoms with E-state index in [1.54, 1.807) is 6.07 Å². The summed E-state index contributed by atoms with van der Waals surface area (Å²) < 4.78 is 30.6. The zero-order chi connectivity index (χ0) is 11.9. The molecule has 0 radical (unpaired) electrons. The van der Waals surface area contributed by atoms with Gasteiger partial charge >= 0.3 is 29.6 Å². The standard InChI is InChI=1S/C10H9NO4S.Na/c11-7-1-2-9-6(3-7)4-8(5-10(9)12)16(13,14)15;/h1-5,12H,11H2,(H,13,14,15);/q;+1/p-1. The van der Waals surface area contributed by atoms with Crippen LogP contribution in [0.1, 0.15) is 0 Å². The van der Waals surface area contributed by atoms with Crippen molar-refractivity contribution in [3.63, 3.8) is 0 Å². The molecule has 5 nitrogen and oxygen atoms in total. The Morgan fingerprint density at radius 1 is 1.18 bits per heavy atom. The Kier molecular flexibility index (Phi) is 4.06. The molecule has 0 atom stereocenters. The van der Waals surface area contributed by atoms with Crippen LogP contribution in [0.3, 0.4) is 0 Å². The summed E-state index contributed by atoms with van der Waals surface area (Å²) in [6.45, 7) is 0. The maximum absolute atomic E-state index is 11.5. The largest absolute Gasteiger partial charge is 1.00 e. The summed E-state index contributed by atoms with van der Waals surface area (Å²) in [5, 5.41) is 12.3. The van der Waals surface area contributed by atoms with Crippen LogP contribution in [-0.2, 0) is 10.1 Å². The summed E-state index contributed by atoms with van der Waals surface area (Å²) >= 11 is 0. The van der Waals surface area contributed by atoms with Crippen LogP contribution in [0.2, 0.25) is 0 Å². The van der Waals surface area contributed by atoms with Crippen LogP contribution in [0.4, 0.5) is 5.69 Å². The minimum Gasteiger partial charge on any atom is -0.872 e. The Morgan fingerprint density at radius 3 is 2.41 bits per heavy atom. The third-order valence-corrected chi connectivity index (χ3v) is 3.04. The van der Waals surface area contributed by atoms with Crippen LogP contribution in [0, 0.1) is 0 Å². The normalized spacial score (nSPS) is 11.1. The second kappa shape index (κ2) is 4.83. The van der Waals surface area contributed by atoms with Crippen LogP contribution in [0.5, 0.6) is 5.75 Å². The number of nitrogens with two attached hydrogens (primary N) is 1. The molecule has 0 aliphatic carbocycles. The minimum atomic E-state index is -4.37. The average molecular weight is 261 g/mol. The van der Waals surface area contributed by atoms with Gasteiger partial charge in [-0.3, -0.25) is 4.55 Å². The molecule has 3 N–H and O–H groups in total. The van der Waals surface area contributed by atoms with Crippen LogP contribution in [0.15, 0.2) is 35.2 Å². The Balaban J connectivity index is 0.00000144. The van der Waals surface area contributed by atoms with Gasteiger partial charge in [-0.2, -0.15) is 8.42 Å². The number of nitrogen functional groups attached to an aromatic ring is 1.